The van der Waals surface area contributed by atoms with Crippen molar-refractivity contribution in [2.45, 2.75) is 31.7 Å². The standard InChI is InChI=1S/C18H27N3O/c1-3-20-9-11-21(12-10-20)15-5-4-6-16-14(13-15)7-8-17(19)18(16)22-2/h3,7-8,15H,1,4-6,9-13,19H2,2H3/t15-/m0/s1. The van der Waals surface area contributed by atoms with Gasteiger partial charge in [0.25, 0.3) is 0 Å². The summed E-state index contributed by atoms with van der Waals surface area (Å²) in [6.45, 7) is 10.3. The summed E-state index contributed by atoms with van der Waals surface area (Å²) in [6.07, 6.45) is 4.65. The highest BCUT2D eigenvalue weighted by Crippen LogP contribution is 2.34. The highest BCUT2D eigenvalue weighted by molar-refractivity contribution is 5.60. The maximum Gasteiger partial charge on any atom is 0.145 e. The molecule has 1 fully saturated rings. The van der Waals surface area contributed by atoms with E-state index in [0.29, 0.717) is 6.04 Å². The fourth-order valence-corrected chi connectivity index (χ4v) is 3.86. The minimum atomic E-state index is 0.640. The Hall–Kier alpha value is -1.26. The molecule has 120 valence electrons. The molecule has 1 heterocycles. The number of piperazine rings is 1. The van der Waals surface area contributed by atoms with Crippen molar-refractivity contribution in [3.05, 3.63) is 36.7 Å². The van der Waals surface area contributed by atoms with Crippen molar-refractivity contribution >= 4 is 5.69 Å². The molecule has 0 unspecified atom stereocenters. The van der Waals surface area contributed by atoms with Gasteiger partial charge in [-0.05, 0) is 49.8 Å². The first-order valence-electron chi connectivity index (χ1n) is 8.27. The Kier molecular flexibility index (Phi) is 4.89. The van der Waals surface area contributed by atoms with Crippen LogP contribution in [-0.4, -0.2) is 49.1 Å². The van der Waals surface area contributed by atoms with Gasteiger partial charge in [0.2, 0.25) is 0 Å². The van der Waals surface area contributed by atoms with E-state index in [2.05, 4.69) is 22.8 Å². The number of hydrogen-bond donors (Lipinski definition) is 1. The van der Waals surface area contributed by atoms with E-state index in [1.54, 1.807) is 7.11 Å². The molecule has 0 bridgehead atoms. The number of ether oxygens (including phenoxy) is 1. The zero-order valence-corrected chi connectivity index (χ0v) is 13.6. The average molecular weight is 301 g/mol. The summed E-state index contributed by atoms with van der Waals surface area (Å²) in [5, 5.41) is 0. The molecule has 22 heavy (non-hydrogen) atoms. The van der Waals surface area contributed by atoms with Crippen LogP contribution in [0.4, 0.5) is 5.69 Å². The van der Waals surface area contributed by atoms with E-state index in [1.165, 1.54) is 24.0 Å². The Labute approximate surface area is 134 Å². The smallest absolute Gasteiger partial charge is 0.145 e. The number of nitrogen functional groups attached to an aromatic ring is 1. The summed E-state index contributed by atoms with van der Waals surface area (Å²) in [4.78, 5) is 4.96. The number of fused-ring (bicyclic) bond motifs is 1. The normalized spacial score (nSPS) is 23.8. The fourth-order valence-electron chi connectivity index (χ4n) is 3.86. The molecule has 1 aromatic carbocycles. The molecule has 1 aliphatic heterocycles. The quantitative estimate of drug-likeness (QED) is 0.686. The molecule has 4 nitrogen and oxygen atoms in total. The molecule has 1 aromatic rings. The van der Waals surface area contributed by atoms with Crippen LogP contribution in [0.3, 0.4) is 0 Å². The summed E-state index contributed by atoms with van der Waals surface area (Å²) < 4.78 is 5.55. The molecule has 3 rings (SSSR count). The van der Waals surface area contributed by atoms with Crippen LogP contribution in [0, 0.1) is 13.5 Å². The van der Waals surface area contributed by atoms with Crippen LogP contribution < -0.4 is 10.5 Å². The topological polar surface area (TPSA) is 41.7 Å². The SMILES string of the molecule is [CH2][CH]N1CCN([C@H]2CCCc3c(ccc(N)c3OC)C2)CC1. The van der Waals surface area contributed by atoms with Gasteiger partial charge < -0.3 is 10.5 Å². The third kappa shape index (κ3) is 3.08. The molecule has 2 N–H and O–H groups in total. The van der Waals surface area contributed by atoms with Gasteiger partial charge in [0.1, 0.15) is 5.75 Å². The molecule has 0 amide bonds. The lowest BCUT2D eigenvalue weighted by molar-refractivity contribution is 0.110. The predicted octanol–water partition coefficient (Wildman–Crippen LogP) is 2.14. The third-order valence-electron chi connectivity index (χ3n) is 5.14. The number of hydrogen-bond acceptors (Lipinski definition) is 4. The summed E-state index contributed by atoms with van der Waals surface area (Å²) in [5.41, 5.74) is 9.57. The van der Waals surface area contributed by atoms with Crippen molar-refractivity contribution in [2.24, 2.45) is 0 Å². The molecule has 4 heteroatoms. The van der Waals surface area contributed by atoms with Crippen molar-refractivity contribution in [1.29, 1.82) is 0 Å². The molecular formula is C18H27N3O. The minimum Gasteiger partial charge on any atom is -0.494 e. The molecule has 1 atom stereocenters. The Morgan fingerprint density at radius 3 is 2.73 bits per heavy atom. The first kappa shape index (κ1) is 15.6. The Morgan fingerprint density at radius 1 is 1.27 bits per heavy atom. The Bertz CT molecular complexity index is 509. The molecular weight excluding hydrogens is 274 g/mol. The summed E-state index contributed by atoms with van der Waals surface area (Å²) in [6, 6.07) is 4.84. The number of nitrogens with two attached hydrogens (primary N) is 1. The largest absolute Gasteiger partial charge is 0.494 e. The van der Waals surface area contributed by atoms with Crippen molar-refractivity contribution in [1.82, 2.24) is 9.80 Å². The monoisotopic (exact) mass is 301 g/mol. The lowest BCUT2D eigenvalue weighted by atomic mass is 9.99. The summed E-state index contributed by atoms with van der Waals surface area (Å²) >= 11 is 0. The lowest BCUT2D eigenvalue weighted by Gasteiger charge is -2.38. The number of benzene rings is 1. The van der Waals surface area contributed by atoms with Crippen molar-refractivity contribution in [3.63, 3.8) is 0 Å². The molecule has 2 aliphatic rings. The average Bonchev–Trinajstić information content (AvgIpc) is 2.77. The number of rotatable bonds is 3. The zero-order chi connectivity index (χ0) is 15.5. The van der Waals surface area contributed by atoms with Gasteiger partial charge in [-0.2, -0.15) is 0 Å². The van der Waals surface area contributed by atoms with Crippen LogP contribution in [-0.2, 0) is 12.8 Å². The maximum atomic E-state index is 6.06. The van der Waals surface area contributed by atoms with Gasteiger partial charge in [-0.3, -0.25) is 9.80 Å². The van der Waals surface area contributed by atoms with E-state index in [4.69, 9.17) is 10.5 Å². The highest BCUT2D eigenvalue weighted by atomic mass is 16.5. The van der Waals surface area contributed by atoms with Crippen LogP contribution in [0.1, 0.15) is 24.0 Å². The second-order valence-corrected chi connectivity index (χ2v) is 6.33. The van der Waals surface area contributed by atoms with E-state index in [-0.39, 0.29) is 0 Å². The zero-order valence-electron chi connectivity index (χ0n) is 13.6. The fraction of sp³-hybridized carbons (Fsp3) is 0.556. The molecule has 2 radical (unpaired) electrons. The Balaban J connectivity index is 1.75. The van der Waals surface area contributed by atoms with E-state index in [1.807, 2.05) is 12.6 Å². The van der Waals surface area contributed by atoms with Crippen LogP contribution in [0.2, 0.25) is 0 Å². The lowest BCUT2D eigenvalue weighted by Crippen LogP contribution is -2.49. The molecule has 0 aromatic heterocycles. The van der Waals surface area contributed by atoms with Crippen molar-refractivity contribution in [3.8, 4) is 5.75 Å². The first-order valence-corrected chi connectivity index (χ1v) is 8.27. The van der Waals surface area contributed by atoms with Crippen LogP contribution in [0.25, 0.3) is 0 Å². The number of nitrogens with zero attached hydrogens (tertiary/aromatic N) is 2. The van der Waals surface area contributed by atoms with Crippen LogP contribution in [0.15, 0.2) is 12.1 Å². The first-order chi connectivity index (χ1) is 10.7. The summed E-state index contributed by atoms with van der Waals surface area (Å²) in [7, 11) is 1.73. The van der Waals surface area contributed by atoms with Crippen molar-refractivity contribution in [2.75, 3.05) is 39.0 Å². The van der Waals surface area contributed by atoms with Gasteiger partial charge in [-0.25, -0.2) is 0 Å². The number of methoxy groups -OCH3 is 1. The van der Waals surface area contributed by atoms with Gasteiger partial charge in [-0.15, -0.1) is 0 Å². The van der Waals surface area contributed by atoms with Crippen LogP contribution >= 0.6 is 0 Å². The molecule has 1 saturated heterocycles. The summed E-state index contributed by atoms with van der Waals surface area (Å²) in [5.74, 6) is 0.898. The second-order valence-electron chi connectivity index (χ2n) is 6.33. The Morgan fingerprint density at radius 2 is 2.05 bits per heavy atom. The third-order valence-corrected chi connectivity index (χ3v) is 5.14. The van der Waals surface area contributed by atoms with E-state index in [0.717, 1.165) is 50.5 Å². The predicted molar refractivity (Wildman–Crippen MR) is 90.6 cm³/mol. The highest BCUT2D eigenvalue weighted by Gasteiger charge is 2.27. The maximum absolute atomic E-state index is 6.06. The van der Waals surface area contributed by atoms with Gasteiger partial charge in [0.15, 0.2) is 0 Å². The molecule has 0 saturated carbocycles. The van der Waals surface area contributed by atoms with Gasteiger partial charge >= 0.3 is 0 Å². The van der Waals surface area contributed by atoms with Gasteiger partial charge in [-0.1, -0.05) is 6.07 Å². The van der Waals surface area contributed by atoms with E-state index in [9.17, 15) is 0 Å². The molecule has 1 aliphatic carbocycles. The minimum absolute atomic E-state index is 0.640. The van der Waals surface area contributed by atoms with Crippen molar-refractivity contribution < 1.29 is 4.74 Å². The molecule has 0 spiro atoms. The van der Waals surface area contributed by atoms with Gasteiger partial charge in [0.05, 0.1) is 12.8 Å². The number of anilines is 1. The second kappa shape index (κ2) is 6.88. The van der Waals surface area contributed by atoms with E-state index < -0.39 is 0 Å². The van der Waals surface area contributed by atoms with Gasteiger partial charge in [0, 0.05) is 38.8 Å². The van der Waals surface area contributed by atoms with E-state index >= 15 is 0 Å². The van der Waals surface area contributed by atoms with Crippen LogP contribution in [0.5, 0.6) is 5.75 Å².